The van der Waals surface area contributed by atoms with Crippen molar-refractivity contribution in [2.75, 3.05) is 5.32 Å². The van der Waals surface area contributed by atoms with Crippen LogP contribution in [0.4, 0.5) is 5.82 Å². The molecular weight excluding hydrogens is 346 g/mol. The number of aromatic nitrogens is 2. The number of anilines is 1. The van der Waals surface area contributed by atoms with Crippen molar-refractivity contribution in [3.05, 3.63) is 83.6 Å². The van der Waals surface area contributed by atoms with Gasteiger partial charge in [-0.3, -0.25) is 4.79 Å². The number of nitrogens with one attached hydrogen (secondary N) is 1. The van der Waals surface area contributed by atoms with E-state index in [9.17, 15) is 4.79 Å². The fourth-order valence-corrected chi connectivity index (χ4v) is 4.12. The van der Waals surface area contributed by atoms with Crippen LogP contribution in [-0.2, 0) is 11.0 Å². The Bertz CT molecular complexity index is 987. The van der Waals surface area contributed by atoms with Gasteiger partial charge in [0.25, 0.3) is 0 Å². The minimum Gasteiger partial charge on any atom is -0.363 e. The van der Waals surface area contributed by atoms with Gasteiger partial charge in [-0.05, 0) is 45.2 Å². The fourth-order valence-electron chi connectivity index (χ4n) is 4.12. The number of hydrogen-bond acceptors (Lipinski definition) is 3. The van der Waals surface area contributed by atoms with Gasteiger partial charge in [0.1, 0.15) is 5.82 Å². The van der Waals surface area contributed by atoms with Crippen molar-refractivity contribution in [2.45, 2.75) is 51.1 Å². The summed E-state index contributed by atoms with van der Waals surface area (Å²) in [7, 11) is 0. The van der Waals surface area contributed by atoms with Gasteiger partial charge in [-0.25, -0.2) is 4.68 Å². The zero-order chi connectivity index (χ0) is 19.9. The lowest BCUT2D eigenvalue weighted by Crippen LogP contribution is -2.38. The van der Waals surface area contributed by atoms with Crippen molar-refractivity contribution in [3.8, 4) is 0 Å². The predicted octanol–water partition coefficient (Wildman–Crippen LogP) is 5.34. The van der Waals surface area contributed by atoms with E-state index in [1.807, 2.05) is 54.9 Å². The zero-order valence-corrected chi connectivity index (χ0v) is 16.9. The molecule has 3 aromatic rings. The number of carbonyl (C=O) groups is 1. The third-order valence-electron chi connectivity index (χ3n) is 5.87. The maximum Gasteiger partial charge on any atom is 0.178 e. The number of ketones is 1. The minimum atomic E-state index is -0.628. The number of nitrogens with zero attached hydrogens (tertiary/aromatic N) is 2. The number of fused-ring (bicyclic) bond motifs is 1. The Hall–Kier alpha value is -2.88. The smallest absolute Gasteiger partial charge is 0.178 e. The Labute approximate surface area is 166 Å². The molecule has 1 aliphatic heterocycles. The van der Waals surface area contributed by atoms with Gasteiger partial charge in [-0.1, -0.05) is 60.7 Å². The molecule has 0 bridgehead atoms. The van der Waals surface area contributed by atoms with Crippen LogP contribution >= 0.6 is 0 Å². The van der Waals surface area contributed by atoms with Gasteiger partial charge in [0.2, 0.25) is 0 Å². The van der Waals surface area contributed by atoms with Crippen LogP contribution < -0.4 is 5.32 Å². The molecule has 1 aromatic heterocycles. The van der Waals surface area contributed by atoms with Gasteiger partial charge in [0.15, 0.2) is 5.78 Å². The Morgan fingerprint density at radius 1 is 1.07 bits per heavy atom. The van der Waals surface area contributed by atoms with Gasteiger partial charge < -0.3 is 5.32 Å². The number of benzene rings is 2. The maximum atomic E-state index is 13.6. The van der Waals surface area contributed by atoms with Gasteiger partial charge in [0, 0.05) is 0 Å². The van der Waals surface area contributed by atoms with Crippen molar-refractivity contribution in [1.82, 2.24) is 9.78 Å². The summed E-state index contributed by atoms with van der Waals surface area (Å²) in [6.07, 6.45) is 2.63. The molecule has 28 heavy (non-hydrogen) atoms. The Balaban J connectivity index is 1.75. The van der Waals surface area contributed by atoms with Crippen LogP contribution in [-0.4, -0.2) is 15.6 Å². The highest BCUT2D eigenvalue weighted by Gasteiger charge is 2.39. The van der Waals surface area contributed by atoms with E-state index >= 15 is 0 Å². The van der Waals surface area contributed by atoms with Gasteiger partial charge >= 0.3 is 0 Å². The van der Waals surface area contributed by atoms with Crippen molar-refractivity contribution in [3.63, 3.8) is 0 Å². The zero-order valence-electron chi connectivity index (χ0n) is 16.9. The molecule has 0 aliphatic carbocycles. The molecule has 1 N–H and O–H groups in total. The molecule has 0 saturated carbocycles. The normalized spacial score (nSPS) is 18.2. The van der Waals surface area contributed by atoms with E-state index in [0.717, 1.165) is 17.8 Å². The summed E-state index contributed by atoms with van der Waals surface area (Å²) >= 11 is 0. The maximum absolute atomic E-state index is 13.6. The number of hydrogen-bond donors (Lipinski definition) is 1. The predicted molar refractivity (Wildman–Crippen MR) is 113 cm³/mol. The lowest BCUT2D eigenvalue weighted by Gasteiger charge is -2.38. The van der Waals surface area contributed by atoms with Crippen molar-refractivity contribution in [2.24, 2.45) is 0 Å². The summed E-state index contributed by atoms with van der Waals surface area (Å²) in [5.74, 6) is 0.899. The lowest BCUT2D eigenvalue weighted by atomic mass is 9.78. The van der Waals surface area contributed by atoms with Crippen LogP contribution in [0.5, 0.6) is 0 Å². The molecule has 0 radical (unpaired) electrons. The van der Waals surface area contributed by atoms with Crippen molar-refractivity contribution in [1.29, 1.82) is 0 Å². The molecule has 4 heteroatoms. The number of Topliss-reactive ketones (excluding diaryl/α,β-unsaturated/α-hetero) is 1. The SMILES string of the molecule is CC(C)(C(=O)c1cnn2c1NC(c1ccccc1)CC2(C)C)c1ccccc1. The molecule has 0 spiro atoms. The largest absolute Gasteiger partial charge is 0.363 e. The van der Waals surface area contributed by atoms with Crippen LogP contribution in [0.15, 0.2) is 66.9 Å². The standard InChI is InChI=1S/C24H27N3O/c1-23(2)15-20(17-11-7-5-8-12-17)26-22-19(16-25-27(22)23)21(28)24(3,4)18-13-9-6-10-14-18/h5-14,16,20,26H,15H2,1-4H3. The highest BCUT2D eigenvalue weighted by atomic mass is 16.1. The van der Waals surface area contributed by atoms with E-state index in [1.54, 1.807) is 6.20 Å². The monoisotopic (exact) mass is 373 g/mol. The summed E-state index contributed by atoms with van der Waals surface area (Å²) in [4.78, 5) is 13.6. The van der Waals surface area contributed by atoms with Gasteiger partial charge in [0.05, 0.1) is 28.8 Å². The quantitative estimate of drug-likeness (QED) is 0.628. The highest BCUT2D eigenvalue weighted by Crippen LogP contribution is 2.41. The first-order valence-corrected chi connectivity index (χ1v) is 9.81. The highest BCUT2D eigenvalue weighted by molar-refractivity contribution is 6.07. The third kappa shape index (κ3) is 3.03. The summed E-state index contributed by atoms with van der Waals surface area (Å²) in [6.45, 7) is 8.32. The third-order valence-corrected chi connectivity index (χ3v) is 5.87. The minimum absolute atomic E-state index is 0.0805. The molecule has 1 aliphatic rings. The van der Waals surface area contributed by atoms with Crippen LogP contribution in [0.1, 0.15) is 61.6 Å². The molecule has 2 heterocycles. The molecule has 0 fully saturated rings. The number of carbonyl (C=O) groups excluding carboxylic acids is 1. The van der Waals surface area contributed by atoms with Crippen LogP contribution in [0.3, 0.4) is 0 Å². The van der Waals surface area contributed by atoms with Crippen molar-refractivity contribution >= 4 is 11.6 Å². The Kier molecular flexibility index (Phi) is 4.37. The molecule has 4 rings (SSSR count). The Morgan fingerprint density at radius 2 is 1.68 bits per heavy atom. The first kappa shape index (κ1) is 18.5. The van der Waals surface area contributed by atoms with E-state index in [1.165, 1.54) is 5.56 Å². The summed E-state index contributed by atoms with van der Waals surface area (Å²) in [5.41, 5.74) is 2.08. The van der Waals surface area contributed by atoms with E-state index < -0.39 is 5.41 Å². The second kappa shape index (κ2) is 6.62. The topological polar surface area (TPSA) is 46.9 Å². The second-order valence-corrected chi connectivity index (χ2v) is 8.76. The van der Waals surface area contributed by atoms with Crippen LogP contribution in [0.25, 0.3) is 0 Å². The average molecular weight is 374 g/mol. The summed E-state index contributed by atoms with van der Waals surface area (Å²) in [6, 6.07) is 20.5. The van der Waals surface area contributed by atoms with E-state index in [4.69, 9.17) is 0 Å². The lowest BCUT2D eigenvalue weighted by molar-refractivity contribution is 0.0909. The number of rotatable bonds is 4. The van der Waals surface area contributed by atoms with E-state index in [-0.39, 0.29) is 17.4 Å². The Morgan fingerprint density at radius 3 is 2.32 bits per heavy atom. The molecule has 1 unspecified atom stereocenters. The molecule has 1 atom stereocenters. The molecule has 0 saturated heterocycles. The molecule has 0 amide bonds. The van der Waals surface area contributed by atoms with Crippen LogP contribution in [0.2, 0.25) is 0 Å². The van der Waals surface area contributed by atoms with Crippen molar-refractivity contribution < 1.29 is 4.79 Å². The van der Waals surface area contributed by atoms with Crippen LogP contribution in [0, 0.1) is 0 Å². The van der Waals surface area contributed by atoms with Gasteiger partial charge in [-0.2, -0.15) is 5.10 Å². The molecule has 2 aromatic carbocycles. The van der Waals surface area contributed by atoms with E-state index in [2.05, 4.69) is 48.5 Å². The summed E-state index contributed by atoms with van der Waals surface area (Å²) in [5, 5.41) is 8.20. The fraction of sp³-hybridized carbons (Fsp3) is 0.333. The second-order valence-electron chi connectivity index (χ2n) is 8.76. The van der Waals surface area contributed by atoms with E-state index in [0.29, 0.717) is 5.56 Å². The molecule has 4 nitrogen and oxygen atoms in total. The first-order valence-electron chi connectivity index (χ1n) is 9.81. The average Bonchev–Trinajstić information content (AvgIpc) is 3.13. The summed E-state index contributed by atoms with van der Waals surface area (Å²) < 4.78 is 1.97. The first-order chi connectivity index (χ1) is 13.3. The molecular formula is C24H27N3O. The molecule has 144 valence electrons. The van der Waals surface area contributed by atoms with Gasteiger partial charge in [-0.15, -0.1) is 0 Å².